The summed E-state index contributed by atoms with van der Waals surface area (Å²) in [6, 6.07) is 2.11. The van der Waals surface area contributed by atoms with Crippen molar-refractivity contribution < 1.29 is 22.2 Å². The van der Waals surface area contributed by atoms with Crippen LogP contribution in [-0.2, 0) is 4.79 Å². The number of halogens is 1. The van der Waals surface area contributed by atoms with E-state index in [4.69, 9.17) is 11.0 Å². The Balaban J connectivity index is 0.00000144. The molecule has 3 atom stereocenters. The average Bonchev–Trinajstić information content (AvgIpc) is 2.16. The molecular formula is C11H17ClN4O. The molecule has 2 aliphatic rings. The lowest BCUT2D eigenvalue weighted by Crippen LogP contribution is -3.00. The van der Waals surface area contributed by atoms with Crippen LogP contribution in [0.15, 0.2) is 0 Å². The van der Waals surface area contributed by atoms with E-state index in [1.165, 1.54) is 0 Å². The van der Waals surface area contributed by atoms with Gasteiger partial charge >= 0.3 is 11.9 Å². The van der Waals surface area contributed by atoms with E-state index in [1.807, 2.05) is 0 Å². The summed E-state index contributed by atoms with van der Waals surface area (Å²) in [5, 5.41) is 11.6. The zero-order valence-electron chi connectivity index (χ0n) is 9.79. The molecule has 0 aromatic carbocycles. The van der Waals surface area contributed by atoms with Gasteiger partial charge in [0.25, 0.3) is 0 Å². The number of nitrogens with one attached hydrogen (secondary N) is 2. The smallest absolute Gasteiger partial charge is 0.348 e. The average molecular weight is 257 g/mol. The van der Waals surface area contributed by atoms with E-state index in [-0.39, 0.29) is 24.3 Å². The maximum Gasteiger partial charge on any atom is 0.348 e. The van der Waals surface area contributed by atoms with Gasteiger partial charge < -0.3 is 12.4 Å². The summed E-state index contributed by atoms with van der Waals surface area (Å²) in [6.07, 6.45) is 3.86. The third-order valence-corrected chi connectivity index (χ3v) is 3.62. The summed E-state index contributed by atoms with van der Waals surface area (Å²) >= 11 is 0. The molecule has 94 valence electrons. The van der Waals surface area contributed by atoms with Crippen LogP contribution in [0.4, 0.5) is 0 Å². The quantitative estimate of drug-likeness (QED) is 0.409. The van der Waals surface area contributed by atoms with E-state index in [1.54, 1.807) is 0 Å². The molecule has 17 heavy (non-hydrogen) atoms. The molecule has 6 heteroatoms. The summed E-state index contributed by atoms with van der Waals surface area (Å²) in [5.41, 5.74) is 5.21. The number of hydrogen-bond acceptors (Lipinski definition) is 3. The van der Waals surface area contributed by atoms with Gasteiger partial charge in [-0.15, -0.1) is 0 Å². The van der Waals surface area contributed by atoms with Gasteiger partial charge in [0.15, 0.2) is 5.92 Å². The zero-order valence-corrected chi connectivity index (χ0v) is 10.5. The number of guanidine groups is 1. The van der Waals surface area contributed by atoms with E-state index in [9.17, 15) is 4.79 Å². The normalized spacial score (nSPS) is 36.5. The van der Waals surface area contributed by atoms with Crippen LogP contribution in [0.3, 0.4) is 0 Å². The second-order valence-electron chi connectivity index (χ2n) is 4.95. The molecule has 1 fully saturated rings. The van der Waals surface area contributed by atoms with Crippen LogP contribution < -0.4 is 28.4 Å². The number of nitriles is 1. The van der Waals surface area contributed by atoms with Gasteiger partial charge in [-0.25, -0.2) is 5.32 Å². The van der Waals surface area contributed by atoms with E-state index in [0.29, 0.717) is 5.92 Å². The first-order valence-corrected chi connectivity index (χ1v) is 5.68. The molecule has 1 spiro atoms. The van der Waals surface area contributed by atoms with Crippen LogP contribution in [0.1, 0.15) is 32.6 Å². The Labute approximate surface area is 107 Å². The molecule has 0 aromatic rings. The molecule has 4 N–H and O–H groups in total. The predicted octanol–water partition coefficient (Wildman–Crippen LogP) is -4.40. The Morgan fingerprint density at radius 3 is 2.94 bits per heavy atom. The molecule has 5 nitrogen and oxygen atoms in total. The molecule has 0 aromatic heterocycles. The fourth-order valence-electron chi connectivity index (χ4n) is 2.98. The summed E-state index contributed by atoms with van der Waals surface area (Å²) in [4.78, 5) is 14.9. The van der Waals surface area contributed by atoms with Crippen LogP contribution >= 0.6 is 0 Å². The number of nitrogens with two attached hydrogens (primary N) is 1. The standard InChI is InChI=1S/C11H16N4O.ClH/c1-7-3-2-4-11(5-7)8(6-12)9(16)14-10(13)15-11;/h7-8H,2-5H2,1H3,(H3,13,14,15,16);1H/t7-,8-,11+;/m0./s1. The Morgan fingerprint density at radius 2 is 2.35 bits per heavy atom. The van der Waals surface area contributed by atoms with Crippen molar-refractivity contribution in [3.05, 3.63) is 0 Å². The van der Waals surface area contributed by atoms with Crippen molar-refractivity contribution in [2.75, 3.05) is 0 Å². The predicted molar refractivity (Wildman–Crippen MR) is 57.8 cm³/mol. The maximum atomic E-state index is 11.7. The molecule has 1 saturated carbocycles. The number of carbonyl (C=O) groups is 1. The van der Waals surface area contributed by atoms with Gasteiger partial charge in [-0.2, -0.15) is 5.26 Å². The van der Waals surface area contributed by atoms with Crippen LogP contribution in [0.25, 0.3) is 0 Å². The molecule has 1 aliphatic carbocycles. The van der Waals surface area contributed by atoms with Crippen molar-refractivity contribution in [1.29, 1.82) is 5.26 Å². The molecule has 0 saturated heterocycles. The molecule has 1 amide bonds. The Bertz CT molecular complexity index is 389. The highest BCUT2D eigenvalue weighted by atomic mass is 35.5. The highest BCUT2D eigenvalue weighted by Crippen LogP contribution is 2.34. The monoisotopic (exact) mass is 256 g/mol. The number of amides is 1. The number of rotatable bonds is 0. The van der Waals surface area contributed by atoms with Gasteiger partial charge in [-0.1, -0.05) is 13.3 Å². The number of hydrogen-bond donors (Lipinski definition) is 3. The summed E-state index contributed by atoms with van der Waals surface area (Å²) in [5.74, 6) is -0.100. The molecule has 1 heterocycles. The van der Waals surface area contributed by atoms with Gasteiger partial charge in [0, 0.05) is 0 Å². The van der Waals surface area contributed by atoms with Crippen LogP contribution in [0.2, 0.25) is 0 Å². The lowest BCUT2D eigenvalue weighted by Gasteiger charge is -2.39. The van der Waals surface area contributed by atoms with Crippen LogP contribution in [0, 0.1) is 23.2 Å². The van der Waals surface area contributed by atoms with Crippen molar-refractivity contribution in [3.8, 4) is 6.07 Å². The minimum Gasteiger partial charge on any atom is -1.00 e. The molecular weight excluding hydrogens is 240 g/mol. The first kappa shape index (κ1) is 13.8. The van der Waals surface area contributed by atoms with Gasteiger partial charge in [-0.3, -0.25) is 15.5 Å². The Kier molecular flexibility index (Phi) is 3.99. The molecule has 0 unspecified atom stereocenters. The first-order valence-electron chi connectivity index (χ1n) is 5.68. The Morgan fingerprint density at radius 1 is 1.65 bits per heavy atom. The van der Waals surface area contributed by atoms with Gasteiger partial charge in [-0.05, 0) is 25.2 Å². The maximum absolute atomic E-state index is 11.7. The van der Waals surface area contributed by atoms with E-state index in [0.717, 1.165) is 25.7 Å². The van der Waals surface area contributed by atoms with Gasteiger partial charge in [0.2, 0.25) is 0 Å². The molecule has 0 bridgehead atoms. The second-order valence-corrected chi connectivity index (χ2v) is 4.95. The highest BCUT2D eigenvalue weighted by molar-refractivity contribution is 5.97. The summed E-state index contributed by atoms with van der Waals surface area (Å²) in [7, 11) is 0. The van der Waals surface area contributed by atoms with Crippen LogP contribution in [-0.4, -0.2) is 17.4 Å². The van der Waals surface area contributed by atoms with E-state index in [2.05, 4.69) is 23.3 Å². The second kappa shape index (κ2) is 4.92. The third-order valence-electron chi connectivity index (χ3n) is 3.62. The SMILES string of the molecule is C[C@H]1CCC[C@]2(C1)[NH+]=C(N)NC(=O)[C@@H]2C#N.[Cl-]. The fraction of sp³-hybridized carbons (Fsp3) is 0.727. The molecule has 2 rings (SSSR count). The lowest BCUT2D eigenvalue weighted by atomic mass is 9.69. The minimum atomic E-state index is -0.637. The number of carbonyl (C=O) groups excluding carboxylic acids is 1. The Hall–Kier alpha value is -1.28. The zero-order chi connectivity index (χ0) is 11.8. The largest absolute Gasteiger partial charge is 1.00 e. The van der Waals surface area contributed by atoms with E-state index >= 15 is 0 Å². The van der Waals surface area contributed by atoms with Gasteiger partial charge in [0.05, 0.1) is 6.07 Å². The summed E-state index contributed by atoms with van der Waals surface area (Å²) in [6.45, 7) is 2.15. The minimum absolute atomic E-state index is 0. The summed E-state index contributed by atoms with van der Waals surface area (Å²) < 4.78 is 0. The fourth-order valence-corrected chi connectivity index (χ4v) is 2.98. The van der Waals surface area contributed by atoms with Crippen LogP contribution in [0.5, 0.6) is 0 Å². The van der Waals surface area contributed by atoms with Crippen molar-refractivity contribution >= 4 is 11.9 Å². The lowest BCUT2D eigenvalue weighted by molar-refractivity contribution is -0.572. The van der Waals surface area contributed by atoms with Crippen molar-refractivity contribution in [2.45, 2.75) is 38.1 Å². The van der Waals surface area contributed by atoms with Gasteiger partial charge in [0.1, 0.15) is 5.54 Å². The molecule has 1 aliphatic heterocycles. The topological polar surface area (TPSA) is 92.9 Å². The van der Waals surface area contributed by atoms with Crippen molar-refractivity contribution in [3.63, 3.8) is 0 Å². The van der Waals surface area contributed by atoms with Crippen molar-refractivity contribution in [1.82, 2.24) is 5.32 Å². The number of nitrogens with zero attached hydrogens (tertiary/aromatic N) is 1. The third kappa shape index (κ3) is 2.37. The van der Waals surface area contributed by atoms with Crippen molar-refractivity contribution in [2.24, 2.45) is 17.6 Å². The molecule has 0 radical (unpaired) electrons. The van der Waals surface area contributed by atoms with E-state index < -0.39 is 11.5 Å². The highest BCUT2D eigenvalue weighted by Gasteiger charge is 2.51. The first-order chi connectivity index (χ1) is 7.57.